The van der Waals surface area contributed by atoms with Crippen molar-refractivity contribution in [2.45, 2.75) is 25.5 Å². The second-order valence-corrected chi connectivity index (χ2v) is 5.28. The SMILES string of the molecule is Br.CN(C)c1ccc(CN=C(N)NCC2CCCO2)cc1. The van der Waals surface area contributed by atoms with Gasteiger partial charge < -0.3 is 20.7 Å². The summed E-state index contributed by atoms with van der Waals surface area (Å²) in [5.74, 6) is 0.484. The molecule has 6 heteroatoms. The van der Waals surface area contributed by atoms with Crippen molar-refractivity contribution < 1.29 is 4.74 Å². The quantitative estimate of drug-likeness (QED) is 0.624. The summed E-state index contributed by atoms with van der Waals surface area (Å²) in [5.41, 5.74) is 8.19. The first kappa shape index (κ1) is 17.8. The molecule has 1 heterocycles. The summed E-state index contributed by atoms with van der Waals surface area (Å²) in [6, 6.07) is 8.32. The average Bonchev–Trinajstić information content (AvgIpc) is 2.96. The summed E-state index contributed by atoms with van der Waals surface area (Å²) in [6.07, 6.45) is 2.52. The van der Waals surface area contributed by atoms with Gasteiger partial charge in [-0.3, -0.25) is 0 Å². The summed E-state index contributed by atoms with van der Waals surface area (Å²) in [5, 5.41) is 3.12. The molecule has 118 valence electrons. The molecule has 1 aromatic rings. The van der Waals surface area contributed by atoms with E-state index in [0.29, 0.717) is 12.5 Å². The second-order valence-electron chi connectivity index (χ2n) is 5.28. The normalized spacial score (nSPS) is 18.2. The fraction of sp³-hybridized carbons (Fsp3) is 0.533. The van der Waals surface area contributed by atoms with Crippen LogP contribution >= 0.6 is 17.0 Å². The van der Waals surface area contributed by atoms with Crippen molar-refractivity contribution in [3.63, 3.8) is 0 Å². The van der Waals surface area contributed by atoms with Gasteiger partial charge in [-0.15, -0.1) is 17.0 Å². The van der Waals surface area contributed by atoms with Crippen molar-refractivity contribution in [2.24, 2.45) is 10.7 Å². The number of nitrogens with two attached hydrogens (primary N) is 1. The van der Waals surface area contributed by atoms with Crippen LogP contribution in [0.2, 0.25) is 0 Å². The van der Waals surface area contributed by atoms with E-state index in [9.17, 15) is 0 Å². The number of guanidine groups is 1. The van der Waals surface area contributed by atoms with Crippen LogP contribution in [-0.4, -0.2) is 39.3 Å². The molecule has 1 saturated heterocycles. The summed E-state index contributed by atoms with van der Waals surface area (Å²) >= 11 is 0. The van der Waals surface area contributed by atoms with Crippen LogP contribution in [-0.2, 0) is 11.3 Å². The molecule has 21 heavy (non-hydrogen) atoms. The minimum Gasteiger partial charge on any atom is -0.378 e. The molecule has 1 atom stereocenters. The highest BCUT2D eigenvalue weighted by atomic mass is 79.9. The maximum atomic E-state index is 5.85. The molecule has 2 rings (SSSR count). The molecule has 1 aliphatic rings. The highest BCUT2D eigenvalue weighted by Crippen LogP contribution is 2.13. The Balaban J connectivity index is 0.00000220. The number of aliphatic imine (C=N–C) groups is 1. The zero-order chi connectivity index (χ0) is 14.4. The lowest BCUT2D eigenvalue weighted by Gasteiger charge is -2.12. The highest BCUT2D eigenvalue weighted by Gasteiger charge is 2.14. The van der Waals surface area contributed by atoms with E-state index in [2.05, 4.69) is 39.5 Å². The number of hydrogen-bond acceptors (Lipinski definition) is 3. The topological polar surface area (TPSA) is 62.9 Å². The summed E-state index contributed by atoms with van der Waals surface area (Å²) in [6.45, 7) is 2.20. The second kappa shape index (κ2) is 8.89. The first-order valence-corrected chi connectivity index (χ1v) is 7.07. The molecule has 0 saturated carbocycles. The van der Waals surface area contributed by atoms with E-state index in [1.54, 1.807) is 0 Å². The van der Waals surface area contributed by atoms with Gasteiger partial charge in [0.2, 0.25) is 0 Å². The van der Waals surface area contributed by atoms with Gasteiger partial charge in [0.05, 0.1) is 12.6 Å². The summed E-state index contributed by atoms with van der Waals surface area (Å²) in [7, 11) is 4.06. The Morgan fingerprint density at radius 1 is 1.38 bits per heavy atom. The van der Waals surface area contributed by atoms with Gasteiger partial charge >= 0.3 is 0 Å². The molecule has 1 aromatic carbocycles. The Morgan fingerprint density at radius 3 is 2.67 bits per heavy atom. The van der Waals surface area contributed by atoms with Gasteiger partial charge in [0, 0.05) is 32.9 Å². The highest BCUT2D eigenvalue weighted by molar-refractivity contribution is 8.93. The zero-order valence-electron chi connectivity index (χ0n) is 12.7. The Bertz CT molecular complexity index is 441. The Labute approximate surface area is 137 Å². The number of nitrogens with zero attached hydrogens (tertiary/aromatic N) is 2. The molecule has 0 bridgehead atoms. The number of halogens is 1. The fourth-order valence-electron chi connectivity index (χ4n) is 2.16. The molecule has 0 spiro atoms. The van der Waals surface area contributed by atoms with Crippen LogP contribution < -0.4 is 16.0 Å². The smallest absolute Gasteiger partial charge is 0.189 e. The lowest BCUT2D eigenvalue weighted by atomic mass is 10.2. The van der Waals surface area contributed by atoms with Crippen LogP contribution in [0.1, 0.15) is 18.4 Å². The minimum atomic E-state index is 0. The lowest BCUT2D eigenvalue weighted by Crippen LogP contribution is -2.37. The number of hydrogen-bond donors (Lipinski definition) is 2. The standard InChI is InChI=1S/C15H24N4O.BrH/c1-19(2)13-7-5-12(6-8-13)10-17-15(16)18-11-14-4-3-9-20-14;/h5-8,14H,3-4,9-11H2,1-2H3,(H3,16,17,18);1H. The molecule has 3 N–H and O–H groups in total. The van der Waals surface area contributed by atoms with Crippen molar-refractivity contribution in [1.82, 2.24) is 5.32 Å². The van der Waals surface area contributed by atoms with Crippen molar-refractivity contribution >= 4 is 28.6 Å². The number of anilines is 1. The maximum absolute atomic E-state index is 5.85. The molecule has 0 aromatic heterocycles. The molecule has 0 radical (unpaired) electrons. The third-order valence-corrected chi connectivity index (χ3v) is 3.42. The largest absolute Gasteiger partial charge is 0.378 e. The molecule has 0 aliphatic carbocycles. The fourth-order valence-corrected chi connectivity index (χ4v) is 2.16. The lowest BCUT2D eigenvalue weighted by molar-refractivity contribution is 0.114. The summed E-state index contributed by atoms with van der Waals surface area (Å²) < 4.78 is 5.52. The van der Waals surface area contributed by atoms with Gasteiger partial charge in [0.25, 0.3) is 0 Å². The van der Waals surface area contributed by atoms with Gasteiger partial charge in [0.15, 0.2) is 5.96 Å². The van der Waals surface area contributed by atoms with E-state index in [0.717, 1.165) is 31.6 Å². The molecule has 0 amide bonds. The molecule has 5 nitrogen and oxygen atoms in total. The van der Waals surface area contributed by atoms with Gasteiger partial charge in [-0.25, -0.2) is 4.99 Å². The van der Waals surface area contributed by atoms with E-state index in [4.69, 9.17) is 10.5 Å². The van der Waals surface area contributed by atoms with Gasteiger partial charge in [-0.1, -0.05) is 12.1 Å². The monoisotopic (exact) mass is 356 g/mol. The summed E-state index contributed by atoms with van der Waals surface area (Å²) in [4.78, 5) is 6.42. The van der Waals surface area contributed by atoms with Crippen LogP contribution in [0.5, 0.6) is 0 Å². The minimum absolute atomic E-state index is 0. The Morgan fingerprint density at radius 2 is 2.10 bits per heavy atom. The molecular formula is C15H25BrN4O. The number of ether oxygens (including phenoxy) is 1. The van der Waals surface area contributed by atoms with E-state index in [1.165, 1.54) is 5.69 Å². The van der Waals surface area contributed by atoms with E-state index in [1.807, 2.05) is 14.1 Å². The first-order valence-electron chi connectivity index (χ1n) is 7.07. The van der Waals surface area contributed by atoms with E-state index < -0.39 is 0 Å². The first-order chi connectivity index (χ1) is 9.65. The Hall–Kier alpha value is -1.27. The van der Waals surface area contributed by atoms with Gasteiger partial charge in [-0.2, -0.15) is 0 Å². The van der Waals surface area contributed by atoms with Crippen molar-refractivity contribution in [1.29, 1.82) is 0 Å². The third kappa shape index (κ3) is 5.93. The molecular weight excluding hydrogens is 332 g/mol. The zero-order valence-corrected chi connectivity index (χ0v) is 14.4. The molecule has 1 aliphatic heterocycles. The van der Waals surface area contributed by atoms with Gasteiger partial charge in [-0.05, 0) is 30.5 Å². The average molecular weight is 357 g/mol. The number of nitrogens with one attached hydrogen (secondary N) is 1. The van der Waals surface area contributed by atoms with Crippen LogP contribution in [0.25, 0.3) is 0 Å². The number of rotatable bonds is 5. The van der Waals surface area contributed by atoms with Crippen LogP contribution in [0.3, 0.4) is 0 Å². The predicted octanol–water partition coefficient (Wildman–Crippen LogP) is 1.91. The number of benzene rings is 1. The van der Waals surface area contributed by atoms with Crippen LogP contribution in [0.4, 0.5) is 5.69 Å². The van der Waals surface area contributed by atoms with Gasteiger partial charge in [0.1, 0.15) is 0 Å². The van der Waals surface area contributed by atoms with E-state index >= 15 is 0 Å². The van der Waals surface area contributed by atoms with Crippen molar-refractivity contribution in [3.8, 4) is 0 Å². The predicted molar refractivity (Wildman–Crippen MR) is 93.4 cm³/mol. The van der Waals surface area contributed by atoms with Crippen LogP contribution in [0, 0.1) is 0 Å². The molecule has 1 fully saturated rings. The van der Waals surface area contributed by atoms with Crippen LogP contribution in [0.15, 0.2) is 29.3 Å². The molecule has 1 unspecified atom stereocenters. The Kier molecular flexibility index (Phi) is 7.53. The van der Waals surface area contributed by atoms with Crippen molar-refractivity contribution in [3.05, 3.63) is 29.8 Å². The maximum Gasteiger partial charge on any atom is 0.189 e. The van der Waals surface area contributed by atoms with Crippen molar-refractivity contribution in [2.75, 3.05) is 32.1 Å². The third-order valence-electron chi connectivity index (χ3n) is 3.42. The van der Waals surface area contributed by atoms with E-state index in [-0.39, 0.29) is 23.1 Å².